The van der Waals surface area contributed by atoms with Crippen LogP contribution in [0.15, 0.2) is 0 Å². The van der Waals surface area contributed by atoms with Gasteiger partial charge in [0.1, 0.15) is 0 Å². The van der Waals surface area contributed by atoms with Crippen LogP contribution in [0.3, 0.4) is 0 Å². The molecule has 0 radical (unpaired) electrons. The van der Waals surface area contributed by atoms with Crippen molar-refractivity contribution < 1.29 is 17.9 Å². The van der Waals surface area contributed by atoms with Gasteiger partial charge in [0, 0.05) is 49.1 Å². The average Bonchev–Trinajstić information content (AvgIpc) is 3.04. The van der Waals surface area contributed by atoms with Gasteiger partial charge in [-0.25, -0.2) is 8.42 Å². The van der Waals surface area contributed by atoms with Gasteiger partial charge in [-0.15, -0.1) is 0 Å². The van der Waals surface area contributed by atoms with Crippen molar-refractivity contribution in [2.75, 3.05) is 72.5 Å². The molecule has 7 aliphatic heterocycles. The number of likely N-dealkylation sites (N-methyl/N-ethyl adjacent to an activating group) is 1. The topological polar surface area (TPSA) is 62.3 Å². The van der Waals surface area contributed by atoms with E-state index in [4.69, 9.17) is 9.47 Å². The first-order valence-electron chi connectivity index (χ1n) is 10.3. The van der Waals surface area contributed by atoms with Gasteiger partial charge in [-0.3, -0.25) is 9.80 Å². The van der Waals surface area contributed by atoms with Crippen LogP contribution in [0.1, 0.15) is 12.8 Å². The lowest BCUT2D eigenvalue weighted by atomic mass is 9.73. The highest BCUT2D eigenvalue weighted by molar-refractivity contribution is 7.92. The molecule has 152 valence electrons. The summed E-state index contributed by atoms with van der Waals surface area (Å²) in [7, 11) is 1.28. The Balaban J connectivity index is 1.44. The Kier molecular flexibility index (Phi) is 3.43. The highest BCUT2D eigenvalue weighted by atomic mass is 32.2. The maximum absolute atomic E-state index is 13.4. The fourth-order valence-electron chi connectivity index (χ4n) is 7.31. The number of nitrogens with zero attached hydrogens (tertiary/aromatic N) is 3. The maximum Gasteiger partial charge on any atom is 0.157 e. The lowest BCUT2D eigenvalue weighted by molar-refractivity contribution is -0.117. The zero-order valence-electron chi connectivity index (χ0n) is 16.4. The van der Waals surface area contributed by atoms with E-state index in [0.29, 0.717) is 12.3 Å². The van der Waals surface area contributed by atoms with Crippen molar-refractivity contribution in [3.8, 4) is 0 Å². The Morgan fingerprint density at radius 1 is 1.00 bits per heavy atom. The van der Waals surface area contributed by atoms with E-state index in [-0.39, 0.29) is 33.7 Å². The van der Waals surface area contributed by atoms with Crippen LogP contribution in [0.25, 0.3) is 0 Å². The molecule has 0 amide bonds. The predicted molar refractivity (Wildman–Crippen MR) is 100 cm³/mol. The summed E-state index contributed by atoms with van der Waals surface area (Å²) in [6.45, 7) is 6.87. The van der Waals surface area contributed by atoms with E-state index in [2.05, 4.69) is 28.8 Å². The summed E-state index contributed by atoms with van der Waals surface area (Å²) >= 11 is 0. The molecular formula is C19H31N3O4S. The van der Waals surface area contributed by atoms with E-state index in [1.54, 1.807) is 0 Å². The molecule has 0 aromatic heterocycles. The highest BCUT2D eigenvalue weighted by Gasteiger charge is 2.65. The standard InChI is InChI=1S/C19H31N3O4S/c1-20-4-15-14-3-17(10-25-11-17)7-22(14)9-18(16(20)5-27(15,23)24)6-19(12-26-13-19)21(2)8-18/h14-16H,3-13H2,1-2H3. The van der Waals surface area contributed by atoms with Gasteiger partial charge in [0.2, 0.25) is 0 Å². The average molecular weight is 398 g/mol. The van der Waals surface area contributed by atoms with Gasteiger partial charge in [-0.1, -0.05) is 0 Å². The molecule has 7 aliphatic rings. The Bertz CT molecular complexity index is 765. The van der Waals surface area contributed by atoms with E-state index >= 15 is 0 Å². The smallest absolute Gasteiger partial charge is 0.157 e. The summed E-state index contributed by atoms with van der Waals surface area (Å²) < 4.78 is 37.9. The van der Waals surface area contributed by atoms with Crippen molar-refractivity contribution in [2.45, 2.75) is 35.7 Å². The first-order chi connectivity index (χ1) is 12.8. The van der Waals surface area contributed by atoms with E-state index in [1.807, 2.05) is 0 Å². The van der Waals surface area contributed by atoms with Gasteiger partial charge in [-0.05, 0) is 26.9 Å². The van der Waals surface area contributed by atoms with Crippen molar-refractivity contribution in [1.82, 2.24) is 14.7 Å². The third-order valence-corrected chi connectivity index (χ3v) is 10.9. The van der Waals surface area contributed by atoms with Gasteiger partial charge >= 0.3 is 0 Å². The van der Waals surface area contributed by atoms with Gasteiger partial charge in [0.25, 0.3) is 0 Å². The maximum atomic E-state index is 13.4. The van der Waals surface area contributed by atoms with Gasteiger partial charge in [0.15, 0.2) is 9.84 Å². The van der Waals surface area contributed by atoms with Crippen LogP contribution >= 0.6 is 0 Å². The Morgan fingerprint density at radius 2 is 1.74 bits per heavy atom. The number of sulfone groups is 1. The van der Waals surface area contributed by atoms with Crippen molar-refractivity contribution in [2.24, 2.45) is 10.8 Å². The number of hydrogen-bond donors (Lipinski definition) is 0. The molecule has 7 saturated heterocycles. The number of likely N-dealkylation sites (tertiary alicyclic amines) is 1. The summed E-state index contributed by atoms with van der Waals surface area (Å²) in [4.78, 5) is 7.42. The second-order valence-corrected chi connectivity index (χ2v) is 12.9. The SMILES string of the molecule is CN1CC2C3CC4(COC4)CN3CC3(CN(C)C4(COC4)C3)C1CS2(=O)=O. The van der Waals surface area contributed by atoms with Crippen LogP contribution < -0.4 is 0 Å². The first-order valence-corrected chi connectivity index (χ1v) is 12.0. The number of rotatable bonds is 0. The van der Waals surface area contributed by atoms with E-state index in [9.17, 15) is 8.42 Å². The van der Waals surface area contributed by atoms with Crippen molar-refractivity contribution in [3.05, 3.63) is 0 Å². The Hall–Kier alpha value is -0.250. The minimum Gasteiger partial charge on any atom is -0.380 e. The Morgan fingerprint density at radius 3 is 2.33 bits per heavy atom. The molecule has 7 rings (SSSR count). The largest absolute Gasteiger partial charge is 0.380 e. The van der Waals surface area contributed by atoms with Crippen LogP contribution in [0.4, 0.5) is 0 Å². The molecule has 8 heteroatoms. The van der Waals surface area contributed by atoms with Crippen LogP contribution in [-0.4, -0.2) is 118 Å². The fraction of sp³-hybridized carbons (Fsp3) is 1.00. The molecule has 4 unspecified atom stereocenters. The predicted octanol–water partition coefficient (Wildman–Crippen LogP) is -0.721. The molecule has 0 aromatic rings. The van der Waals surface area contributed by atoms with Crippen molar-refractivity contribution >= 4 is 9.84 Å². The van der Waals surface area contributed by atoms with Crippen molar-refractivity contribution in [1.29, 1.82) is 0 Å². The fourth-order valence-corrected chi connectivity index (χ4v) is 9.82. The monoisotopic (exact) mass is 397 g/mol. The van der Waals surface area contributed by atoms with E-state index < -0.39 is 9.84 Å². The molecule has 0 aromatic carbocycles. The normalized spacial score (nSPS) is 47.7. The first kappa shape index (κ1) is 17.6. The minimum atomic E-state index is -3.09. The summed E-state index contributed by atoms with van der Waals surface area (Å²) in [6.07, 6.45) is 2.04. The van der Waals surface area contributed by atoms with Crippen LogP contribution in [-0.2, 0) is 19.3 Å². The summed E-state index contributed by atoms with van der Waals surface area (Å²) in [5.41, 5.74) is 0.317. The molecule has 2 bridgehead atoms. The van der Waals surface area contributed by atoms with Crippen LogP contribution in [0.2, 0.25) is 0 Å². The lowest BCUT2D eigenvalue weighted by Gasteiger charge is -2.54. The molecular weight excluding hydrogens is 366 g/mol. The zero-order chi connectivity index (χ0) is 18.7. The van der Waals surface area contributed by atoms with E-state index in [0.717, 1.165) is 58.9 Å². The lowest BCUT2D eigenvalue weighted by Crippen LogP contribution is -2.68. The van der Waals surface area contributed by atoms with Crippen LogP contribution in [0, 0.1) is 10.8 Å². The molecule has 0 saturated carbocycles. The molecule has 4 atom stereocenters. The van der Waals surface area contributed by atoms with Crippen molar-refractivity contribution in [3.63, 3.8) is 0 Å². The third-order valence-electron chi connectivity index (χ3n) is 8.76. The number of fused-ring (bicyclic) bond motifs is 2. The number of ether oxygens (including phenoxy) is 2. The minimum absolute atomic E-state index is 0.000123. The van der Waals surface area contributed by atoms with Crippen LogP contribution in [0.5, 0.6) is 0 Å². The molecule has 3 spiro atoms. The quantitative estimate of drug-likeness (QED) is 0.535. The molecule has 7 heterocycles. The molecule has 7 nitrogen and oxygen atoms in total. The summed E-state index contributed by atoms with van der Waals surface area (Å²) in [5, 5.41) is -0.240. The van der Waals surface area contributed by atoms with Gasteiger partial charge < -0.3 is 14.4 Å². The Labute approximate surface area is 161 Å². The summed E-state index contributed by atoms with van der Waals surface area (Å²) in [5.74, 6) is 0.326. The molecule has 27 heavy (non-hydrogen) atoms. The second-order valence-electron chi connectivity index (χ2n) is 10.6. The summed E-state index contributed by atoms with van der Waals surface area (Å²) in [6, 6.07) is 0.260. The highest BCUT2D eigenvalue weighted by Crippen LogP contribution is 2.54. The zero-order valence-corrected chi connectivity index (χ0v) is 17.2. The van der Waals surface area contributed by atoms with E-state index in [1.165, 1.54) is 0 Å². The van der Waals surface area contributed by atoms with Gasteiger partial charge in [-0.2, -0.15) is 0 Å². The second kappa shape index (κ2) is 5.26. The van der Waals surface area contributed by atoms with Gasteiger partial charge in [0.05, 0.1) is 43.0 Å². The molecule has 0 aliphatic carbocycles. The number of hydrogen-bond acceptors (Lipinski definition) is 7. The molecule has 7 fully saturated rings. The molecule has 0 N–H and O–H groups in total. The third kappa shape index (κ3) is 2.23.